The van der Waals surface area contributed by atoms with Gasteiger partial charge in [0.1, 0.15) is 36.0 Å². The summed E-state index contributed by atoms with van der Waals surface area (Å²) >= 11 is 0. The number of amides is 1. The molecular weight excluding hydrogens is 425 g/mol. The van der Waals surface area contributed by atoms with Gasteiger partial charge in [0.15, 0.2) is 0 Å². The van der Waals surface area contributed by atoms with Gasteiger partial charge in [0, 0.05) is 17.7 Å². The van der Waals surface area contributed by atoms with Crippen LogP contribution in [0.4, 0.5) is 9.18 Å². The van der Waals surface area contributed by atoms with Crippen molar-refractivity contribution >= 4 is 12.4 Å². The molecular formula is C26H24FNO5. The number of halogens is 1. The van der Waals surface area contributed by atoms with Crippen molar-refractivity contribution in [3.05, 3.63) is 102 Å². The van der Waals surface area contributed by atoms with Crippen LogP contribution in [0.5, 0.6) is 17.2 Å². The first-order valence-electron chi connectivity index (χ1n) is 10.2. The first-order valence-corrected chi connectivity index (χ1v) is 10.2. The third-order valence-corrected chi connectivity index (χ3v) is 4.73. The first-order chi connectivity index (χ1) is 16.0. The van der Waals surface area contributed by atoms with Crippen molar-refractivity contribution in [2.24, 2.45) is 0 Å². The van der Waals surface area contributed by atoms with Gasteiger partial charge in [-0.15, -0.1) is 0 Å². The second-order valence-corrected chi connectivity index (χ2v) is 7.11. The number of rotatable bonds is 10. The molecule has 0 fully saturated rings. The molecule has 7 heteroatoms. The topological polar surface area (TPSA) is 65.1 Å². The number of carbonyl (C=O) groups is 2. The molecule has 0 aromatic heterocycles. The van der Waals surface area contributed by atoms with Crippen LogP contribution in [-0.2, 0) is 17.8 Å². The molecule has 0 saturated carbocycles. The van der Waals surface area contributed by atoms with Gasteiger partial charge in [0.2, 0.25) is 0 Å². The van der Waals surface area contributed by atoms with Gasteiger partial charge >= 0.3 is 6.09 Å². The van der Waals surface area contributed by atoms with Gasteiger partial charge in [-0.1, -0.05) is 24.8 Å². The maximum absolute atomic E-state index is 13.1. The highest BCUT2D eigenvalue weighted by atomic mass is 19.1. The summed E-state index contributed by atoms with van der Waals surface area (Å²) in [6.45, 7) is 4.07. The van der Waals surface area contributed by atoms with Crippen molar-refractivity contribution in [1.82, 2.24) is 4.90 Å². The molecule has 0 spiro atoms. The van der Waals surface area contributed by atoms with E-state index in [1.54, 1.807) is 42.5 Å². The molecule has 33 heavy (non-hydrogen) atoms. The van der Waals surface area contributed by atoms with Crippen LogP contribution < -0.4 is 9.47 Å². The average Bonchev–Trinajstić information content (AvgIpc) is 2.84. The fraction of sp³-hybridized carbons (Fsp3) is 0.154. The lowest BCUT2D eigenvalue weighted by Crippen LogP contribution is -2.31. The van der Waals surface area contributed by atoms with Crippen LogP contribution in [0.3, 0.4) is 0 Å². The summed E-state index contributed by atoms with van der Waals surface area (Å²) in [5, 5.41) is 0. The van der Waals surface area contributed by atoms with Crippen molar-refractivity contribution in [2.75, 3.05) is 13.7 Å². The number of carbonyl (C=O) groups excluding carboxylic acids is 2. The minimum atomic E-state index is -0.528. The minimum absolute atomic E-state index is 0.0747. The highest BCUT2D eigenvalue weighted by molar-refractivity contribution is 5.76. The van der Waals surface area contributed by atoms with E-state index in [2.05, 4.69) is 6.58 Å². The van der Waals surface area contributed by atoms with E-state index >= 15 is 0 Å². The molecule has 1 amide bonds. The summed E-state index contributed by atoms with van der Waals surface area (Å²) in [6.07, 6.45) is 1.70. The summed E-state index contributed by atoms with van der Waals surface area (Å²) < 4.78 is 29.4. The Morgan fingerprint density at radius 1 is 1.00 bits per heavy atom. The normalized spacial score (nSPS) is 10.2. The summed E-state index contributed by atoms with van der Waals surface area (Å²) in [4.78, 5) is 25.4. The molecule has 0 saturated heterocycles. The lowest BCUT2D eigenvalue weighted by Gasteiger charge is -2.23. The summed E-state index contributed by atoms with van der Waals surface area (Å²) in [5.41, 5.74) is 1.99. The van der Waals surface area contributed by atoms with Crippen molar-refractivity contribution in [1.29, 1.82) is 0 Å². The van der Waals surface area contributed by atoms with E-state index < -0.39 is 6.09 Å². The molecule has 170 valence electrons. The van der Waals surface area contributed by atoms with E-state index in [-0.39, 0.29) is 25.5 Å². The standard InChI is InChI=1S/C26H24FNO5/c1-3-14-32-26(30)28(17-21-15-20(18-29)6-13-25(21)31-2)16-19-4-9-23(10-5-19)33-24-11-7-22(27)8-12-24/h3-13,15,18H,1,14,16-17H2,2H3. The fourth-order valence-electron chi connectivity index (χ4n) is 3.13. The molecule has 3 rings (SSSR count). The van der Waals surface area contributed by atoms with Crippen molar-refractivity contribution in [3.63, 3.8) is 0 Å². The van der Waals surface area contributed by atoms with Crippen LogP contribution >= 0.6 is 0 Å². The first kappa shape index (κ1) is 23.5. The number of hydrogen-bond donors (Lipinski definition) is 0. The Balaban J connectivity index is 1.77. The lowest BCUT2D eigenvalue weighted by atomic mass is 10.1. The molecule has 0 radical (unpaired) electrons. The van der Waals surface area contributed by atoms with E-state index in [4.69, 9.17) is 14.2 Å². The molecule has 0 bridgehead atoms. The van der Waals surface area contributed by atoms with Gasteiger partial charge in [-0.25, -0.2) is 9.18 Å². The summed E-state index contributed by atoms with van der Waals surface area (Å²) in [5.74, 6) is 1.31. The van der Waals surface area contributed by atoms with Gasteiger partial charge in [0.25, 0.3) is 0 Å². The Bertz CT molecular complexity index is 1100. The molecule has 0 aliphatic heterocycles. The van der Waals surface area contributed by atoms with E-state index in [0.717, 1.165) is 11.8 Å². The molecule has 0 aliphatic carbocycles. The van der Waals surface area contributed by atoms with Crippen molar-refractivity contribution < 1.29 is 28.2 Å². The smallest absolute Gasteiger partial charge is 0.410 e. The molecule has 6 nitrogen and oxygen atoms in total. The number of benzene rings is 3. The van der Waals surface area contributed by atoms with Gasteiger partial charge in [-0.3, -0.25) is 9.69 Å². The number of aldehydes is 1. The third kappa shape index (κ3) is 6.67. The van der Waals surface area contributed by atoms with E-state index in [9.17, 15) is 14.0 Å². The van der Waals surface area contributed by atoms with Gasteiger partial charge in [0.05, 0.1) is 13.7 Å². The molecule has 0 aliphatic rings. The second-order valence-electron chi connectivity index (χ2n) is 7.11. The summed E-state index contributed by atoms with van der Waals surface area (Å²) in [7, 11) is 1.53. The van der Waals surface area contributed by atoms with Crippen molar-refractivity contribution in [2.45, 2.75) is 13.1 Å². The fourth-order valence-corrected chi connectivity index (χ4v) is 3.13. The minimum Gasteiger partial charge on any atom is -0.496 e. The predicted octanol–water partition coefficient (Wildman–Crippen LogP) is 5.76. The highest BCUT2D eigenvalue weighted by Crippen LogP contribution is 2.25. The highest BCUT2D eigenvalue weighted by Gasteiger charge is 2.18. The Morgan fingerprint density at radius 3 is 2.27 bits per heavy atom. The Hall–Kier alpha value is -4.13. The lowest BCUT2D eigenvalue weighted by molar-refractivity contribution is 0.106. The maximum Gasteiger partial charge on any atom is 0.410 e. The molecule has 0 unspecified atom stereocenters. The Morgan fingerprint density at radius 2 is 1.67 bits per heavy atom. The largest absolute Gasteiger partial charge is 0.496 e. The zero-order valence-corrected chi connectivity index (χ0v) is 18.2. The molecule has 0 atom stereocenters. The van der Waals surface area contributed by atoms with Crippen molar-refractivity contribution in [3.8, 4) is 17.2 Å². The van der Waals surface area contributed by atoms with Gasteiger partial charge in [-0.05, 0) is 60.2 Å². The number of hydrogen-bond acceptors (Lipinski definition) is 5. The zero-order chi connectivity index (χ0) is 23.6. The van der Waals surface area contributed by atoms with Gasteiger partial charge < -0.3 is 14.2 Å². The molecule has 0 N–H and O–H groups in total. The summed E-state index contributed by atoms with van der Waals surface area (Å²) in [6, 6.07) is 17.9. The van der Waals surface area contributed by atoms with Crippen LogP contribution in [0.1, 0.15) is 21.5 Å². The van der Waals surface area contributed by atoms with E-state index in [0.29, 0.717) is 28.4 Å². The van der Waals surface area contributed by atoms with Crippen LogP contribution in [0, 0.1) is 5.82 Å². The SMILES string of the molecule is C=CCOC(=O)N(Cc1ccc(Oc2ccc(F)cc2)cc1)Cc1cc(C=O)ccc1OC. The van der Waals surface area contributed by atoms with Crippen LogP contribution in [0.2, 0.25) is 0 Å². The number of nitrogens with zero attached hydrogens (tertiary/aromatic N) is 1. The monoisotopic (exact) mass is 449 g/mol. The van der Waals surface area contributed by atoms with Crippen LogP contribution in [-0.4, -0.2) is 31.0 Å². The molecule has 0 heterocycles. The average molecular weight is 449 g/mol. The van der Waals surface area contributed by atoms with Gasteiger partial charge in [-0.2, -0.15) is 0 Å². The Labute approximate surface area is 191 Å². The predicted molar refractivity (Wildman–Crippen MR) is 122 cm³/mol. The number of ether oxygens (including phenoxy) is 3. The molecule has 3 aromatic rings. The van der Waals surface area contributed by atoms with E-state index in [1.807, 2.05) is 12.1 Å². The number of methoxy groups -OCH3 is 1. The Kier molecular flexibility index (Phi) is 8.18. The molecule has 3 aromatic carbocycles. The second kappa shape index (κ2) is 11.5. The maximum atomic E-state index is 13.1. The quantitative estimate of drug-likeness (QED) is 0.291. The van der Waals surface area contributed by atoms with Crippen LogP contribution in [0.25, 0.3) is 0 Å². The zero-order valence-electron chi connectivity index (χ0n) is 18.2. The van der Waals surface area contributed by atoms with E-state index in [1.165, 1.54) is 30.2 Å². The van der Waals surface area contributed by atoms with Crippen LogP contribution in [0.15, 0.2) is 79.4 Å². The third-order valence-electron chi connectivity index (χ3n) is 4.73.